The van der Waals surface area contributed by atoms with Crippen molar-refractivity contribution >= 4 is 17.4 Å². The zero-order valence-corrected chi connectivity index (χ0v) is 11.5. The van der Waals surface area contributed by atoms with E-state index in [1.54, 1.807) is 6.33 Å². The number of aryl methyl sites for hydroxylation is 1. The van der Waals surface area contributed by atoms with Crippen LogP contribution in [0.4, 0.5) is 5.82 Å². The van der Waals surface area contributed by atoms with Crippen molar-refractivity contribution in [2.75, 3.05) is 17.3 Å². The Morgan fingerprint density at radius 2 is 2.00 bits per heavy atom. The minimum absolute atomic E-state index is 0.642. The van der Waals surface area contributed by atoms with Crippen molar-refractivity contribution in [3.8, 4) is 0 Å². The predicted molar refractivity (Wildman–Crippen MR) is 74.4 cm³/mol. The van der Waals surface area contributed by atoms with Crippen LogP contribution < -0.4 is 4.90 Å². The predicted octanol–water partition coefficient (Wildman–Crippen LogP) is 2.95. The topological polar surface area (TPSA) is 29.0 Å². The fourth-order valence-corrected chi connectivity index (χ4v) is 3.54. The van der Waals surface area contributed by atoms with E-state index in [1.165, 1.54) is 49.2 Å². The Morgan fingerprint density at radius 1 is 1.17 bits per heavy atom. The SMILES string of the molecule is ClCCN(c1ncnc2c1CCC2)C1CCCC1. The lowest BCUT2D eigenvalue weighted by molar-refractivity contribution is 0.611. The second-order valence-corrected chi connectivity index (χ2v) is 5.67. The van der Waals surface area contributed by atoms with Crippen molar-refractivity contribution in [1.29, 1.82) is 0 Å². The second-order valence-electron chi connectivity index (χ2n) is 5.30. The number of hydrogen-bond acceptors (Lipinski definition) is 3. The summed E-state index contributed by atoms with van der Waals surface area (Å²) >= 11 is 5.99. The second kappa shape index (κ2) is 5.43. The molecule has 1 aromatic rings. The molecule has 0 spiro atoms. The van der Waals surface area contributed by atoms with Gasteiger partial charge in [-0.15, -0.1) is 11.6 Å². The van der Waals surface area contributed by atoms with E-state index in [2.05, 4.69) is 14.9 Å². The van der Waals surface area contributed by atoms with Gasteiger partial charge in [-0.3, -0.25) is 0 Å². The van der Waals surface area contributed by atoms with Crippen LogP contribution in [0.15, 0.2) is 6.33 Å². The molecule has 1 saturated carbocycles. The maximum absolute atomic E-state index is 5.99. The summed E-state index contributed by atoms with van der Waals surface area (Å²) in [4.78, 5) is 11.4. The van der Waals surface area contributed by atoms with Crippen molar-refractivity contribution in [2.24, 2.45) is 0 Å². The zero-order chi connectivity index (χ0) is 12.4. The first kappa shape index (κ1) is 12.2. The Hall–Kier alpha value is -0.830. The summed E-state index contributed by atoms with van der Waals surface area (Å²) in [7, 11) is 0. The molecule has 2 aliphatic carbocycles. The van der Waals surface area contributed by atoms with Crippen LogP contribution in [-0.4, -0.2) is 28.4 Å². The highest BCUT2D eigenvalue weighted by Crippen LogP contribution is 2.33. The van der Waals surface area contributed by atoms with Gasteiger partial charge in [-0.25, -0.2) is 9.97 Å². The van der Waals surface area contributed by atoms with Crippen LogP contribution in [-0.2, 0) is 12.8 Å². The molecule has 98 valence electrons. The minimum atomic E-state index is 0.642. The minimum Gasteiger partial charge on any atom is -0.352 e. The van der Waals surface area contributed by atoms with Crippen LogP contribution >= 0.6 is 11.6 Å². The third kappa shape index (κ3) is 2.20. The largest absolute Gasteiger partial charge is 0.352 e. The first-order chi connectivity index (χ1) is 8.90. The average Bonchev–Trinajstić information content (AvgIpc) is 3.06. The van der Waals surface area contributed by atoms with Crippen LogP contribution in [0.2, 0.25) is 0 Å². The number of nitrogens with zero attached hydrogens (tertiary/aromatic N) is 3. The lowest BCUT2D eigenvalue weighted by Gasteiger charge is -2.30. The Kier molecular flexibility index (Phi) is 3.69. The lowest BCUT2D eigenvalue weighted by Crippen LogP contribution is -2.36. The number of aromatic nitrogens is 2. The molecule has 3 nitrogen and oxygen atoms in total. The summed E-state index contributed by atoms with van der Waals surface area (Å²) in [6.45, 7) is 0.912. The molecule has 0 aliphatic heterocycles. The van der Waals surface area contributed by atoms with Crippen LogP contribution in [0.1, 0.15) is 43.4 Å². The van der Waals surface area contributed by atoms with Gasteiger partial charge in [0.05, 0.1) is 0 Å². The molecule has 18 heavy (non-hydrogen) atoms. The Morgan fingerprint density at radius 3 is 2.78 bits per heavy atom. The number of anilines is 1. The van der Waals surface area contributed by atoms with Crippen molar-refractivity contribution in [1.82, 2.24) is 9.97 Å². The molecule has 3 rings (SSSR count). The first-order valence-corrected chi connectivity index (χ1v) is 7.59. The van der Waals surface area contributed by atoms with Gasteiger partial charge < -0.3 is 4.90 Å². The third-order valence-corrected chi connectivity index (χ3v) is 4.38. The van der Waals surface area contributed by atoms with Crippen molar-refractivity contribution in [3.05, 3.63) is 17.6 Å². The molecule has 0 bridgehead atoms. The molecule has 0 aromatic carbocycles. The third-order valence-electron chi connectivity index (χ3n) is 4.22. The summed E-state index contributed by atoms with van der Waals surface area (Å²) in [5, 5.41) is 0. The molecular formula is C14H20ClN3. The molecule has 1 fully saturated rings. The normalized spacial score (nSPS) is 19.2. The van der Waals surface area contributed by atoms with Gasteiger partial charge in [0.1, 0.15) is 12.1 Å². The highest BCUT2D eigenvalue weighted by Gasteiger charge is 2.27. The quantitative estimate of drug-likeness (QED) is 0.784. The molecule has 0 N–H and O–H groups in total. The molecule has 0 saturated heterocycles. The molecule has 0 unspecified atom stereocenters. The molecular weight excluding hydrogens is 246 g/mol. The van der Waals surface area contributed by atoms with Gasteiger partial charge >= 0.3 is 0 Å². The lowest BCUT2D eigenvalue weighted by atomic mass is 10.1. The van der Waals surface area contributed by atoms with E-state index in [9.17, 15) is 0 Å². The number of hydrogen-bond donors (Lipinski definition) is 0. The van der Waals surface area contributed by atoms with E-state index in [0.717, 1.165) is 19.4 Å². The average molecular weight is 266 g/mol. The fraction of sp³-hybridized carbons (Fsp3) is 0.714. The molecule has 0 atom stereocenters. The van der Waals surface area contributed by atoms with Crippen molar-refractivity contribution in [2.45, 2.75) is 51.0 Å². The summed E-state index contributed by atoms with van der Waals surface area (Å²) in [5.74, 6) is 1.85. The van der Waals surface area contributed by atoms with Gasteiger partial charge in [0.25, 0.3) is 0 Å². The van der Waals surface area contributed by atoms with Crippen LogP contribution in [0.25, 0.3) is 0 Å². The van der Waals surface area contributed by atoms with Gasteiger partial charge in [0.15, 0.2) is 0 Å². The van der Waals surface area contributed by atoms with Crippen LogP contribution in [0.3, 0.4) is 0 Å². The number of alkyl halides is 1. The molecule has 4 heteroatoms. The molecule has 1 heterocycles. The highest BCUT2D eigenvalue weighted by atomic mass is 35.5. The molecule has 0 amide bonds. The Bertz CT molecular complexity index is 416. The van der Waals surface area contributed by atoms with E-state index in [1.807, 2.05) is 0 Å². The van der Waals surface area contributed by atoms with Gasteiger partial charge in [-0.05, 0) is 32.1 Å². The summed E-state index contributed by atoms with van der Waals surface area (Å²) in [6, 6.07) is 0.642. The standard InChI is InChI=1S/C14H20ClN3/c15-8-9-18(11-4-1-2-5-11)14-12-6-3-7-13(12)16-10-17-14/h10-11H,1-9H2. The molecule has 2 aliphatic rings. The van der Waals surface area contributed by atoms with Gasteiger partial charge in [-0.1, -0.05) is 12.8 Å². The fourth-order valence-electron chi connectivity index (χ4n) is 3.36. The van der Waals surface area contributed by atoms with E-state index in [4.69, 9.17) is 11.6 Å². The highest BCUT2D eigenvalue weighted by molar-refractivity contribution is 6.18. The van der Waals surface area contributed by atoms with Gasteiger partial charge in [0, 0.05) is 29.7 Å². The van der Waals surface area contributed by atoms with Crippen LogP contribution in [0.5, 0.6) is 0 Å². The molecule has 1 aromatic heterocycles. The monoisotopic (exact) mass is 265 g/mol. The summed E-state index contributed by atoms with van der Waals surface area (Å²) in [5.41, 5.74) is 2.65. The number of fused-ring (bicyclic) bond motifs is 1. The van der Waals surface area contributed by atoms with E-state index < -0.39 is 0 Å². The number of rotatable bonds is 4. The van der Waals surface area contributed by atoms with Crippen LogP contribution in [0, 0.1) is 0 Å². The van der Waals surface area contributed by atoms with E-state index in [0.29, 0.717) is 11.9 Å². The van der Waals surface area contributed by atoms with Crippen molar-refractivity contribution < 1.29 is 0 Å². The Balaban J connectivity index is 1.92. The smallest absolute Gasteiger partial charge is 0.135 e. The maximum Gasteiger partial charge on any atom is 0.135 e. The summed E-state index contributed by atoms with van der Waals surface area (Å²) in [6.07, 6.45) is 10.5. The number of halogens is 1. The van der Waals surface area contributed by atoms with E-state index >= 15 is 0 Å². The molecule has 0 radical (unpaired) electrons. The van der Waals surface area contributed by atoms with Gasteiger partial charge in [-0.2, -0.15) is 0 Å². The maximum atomic E-state index is 5.99. The van der Waals surface area contributed by atoms with Gasteiger partial charge in [0.2, 0.25) is 0 Å². The summed E-state index contributed by atoms with van der Waals surface area (Å²) < 4.78 is 0. The first-order valence-electron chi connectivity index (χ1n) is 7.05. The Labute approximate surface area is 114 Å². The van der Waals surface area contributed by atoms with Crippen molar-refractivity contribution in [3.63, 3.8) is 0 Å². The van der Waals surface area contributed by atoms with E-state index in [-0.39, 0.29) is 0 Å². The zero-order valence-electron chi connectivity index (χ0n) is 10.7.